The molecule has 1 fully saturated rings. The molecule has 1 aromatic carbocycles. The number of ether oxygens (including phenoxy) is 1. The third kappa shape index (κ3) is 2.80. The summed E-state index contributed by atoms with van der Waals surface area (Å²) in [5.41, 5.74) is 0.149. The summed E-state index contributed by atoms with van der Waals surface area (Å²) in [5.74, 6) is 0.683. The smallest absolute Gasteiger partial charge is 0.325 e. The highest BCUT2D eigenvalue weighted by Crippen LogP contribution is 2.42. The molecule has 2 aromatic rings. The number of hydrogen-bond donors (Lipinski definition) is 1. The standard InChI is InChI=1S/C19H20N2O3S/c22-17-19(10-4-8-16-15(19)9-13-25-16)20-18(23)21(17)11-5-12-24-14-6-2-1-3-7-14/h1-3,6-7,9,13H,4-5,8,10-12H2,(H,20,23)/t19-/m1/s1. The quantitative estimate of drug-likeness (QED) is 0.661. The van der Waals surface area contributed by atoms with Gasteiger partial charge in [0.25, 0.3) is 5.91 Å². The molecule has 1 aliphatic carbocycles. The van der Waals surface area contributed by atoms with Gasteiger partial charge in [0.15, 0.2) is 0 Å². The second-order valence-electron chi connectivity index (χ2n) is 6.42. The number of benzene rings is 1. The molecule has 4 rings (SSSR count). The van der Waals surface area contributed by atoms with Crippen LogP contribution in [-0.2, 0) is 16.8 Å². The molecule has 5 nitrogen and oxygen atoms in total. The summed E-state index contributed by atoms with van der Waals surface area (Å²) in [7, 11) is 0. The Morgan fingerprint density at radius 1 is 1.20 bits per heavy atom. The summed E-state index contributed by atoms with van der Waals surface area (Å²) >= 11 is 1.67. The Morgan fingerprint density at radius 3 is 2.88 bits per heavy atom. The maximum atomic E-state index is 13.0. The van der Waals surface area contributed by atoms with Gasteiger partial charge in [-0.05, 0) is 49.3 Å². The van der Waals surface area contributed by atoms with Crippen molar-refractivity contribution in [2.24, 2.45) is 0 Å². The summed E-state index contributed by atoms with van der Waals surface area (Å²) in [4.78, 5) is 28.0. The second-order valence-corrected chi connectivity index (χ2v) is 7.42. The van der Waals surface area contributed by atoms with Crippen molar-refractivity contribution in [1.82, 2.24) is 10.2 Å². The molecule has 2 heterocycles. The van der Waals surface area contributed by atoms with Gasteiger partial charge >= 0.3 is 6.03 Å². The van der Waals surface area contributed by atoms with E-state index in [0.717, 1.165) is 24.2 Å². The number of carbonyl (C=O) groups excluding carboxylic acids is 2. The molecular formula is C19H20N2O3S. The lowest BCUT2D eigenvalue weighted by atomic mass is 9.80. The van der Waals surface area contributed by atoms with Gasteiger partial charge in [0, 0.05) is 17.0 Å². The predicted octanol–water partition coefficient (Wildman–Crippen LogP) is 3.30. The van der Waals surface area contributed by atoms with Crippen LogP contribution in [0.5, 0.6) is 5.75 Å². The Hall–Kier alpha value is -2.34. The SMILES string of the molecule is O=C1N[C@@]2(CCCc3sccc32)C(=O)N1CCCOc1ccccc1. The minimum absolute atomic E-state index is 0.114. The van der Waals surface area contributed by atoms with Gasteiger partial charge in [-0.15, -0.1) is 11.3 Å². The molecule has 1 atom stereocenters. The number of nitrogens with zero attached hydrogens (tertiary/aromatic N) is 1. The average Bonchev–Trinajstić information content (AvgIpc) is 3.19. The normalized spacial score (nSPS) is 22.2. The Bertz CT molecular complexity index is 789. The molecular weight excluding hydrogens is 336 g/mol. The van der Waals surface area contributed by atoms with Gasteiger partial charge in [0.05, 0.1) is 6.61 Å². The first-order valence-corrected chi connectivity index (χ1v) is 9.47. The molecule has 1 spiro atoms. The van der Waals surface area contributed by atoms with Crippen molar-refractivity contribution in [2.45, 2.75) is 31.2 Å². The molecule has 1 aliphatic heterocycles. The zero-order valence-electron chi connectivity index (χ0n) is 13.9. The fraction of sp³-hybridized carbons (Fsp3) is 0.368. The van der Waals surface area contributed by atoms with E-state index in [4.69, 9.17) is 4.74 Å². The lowest BCUT2D eigenvalue weighted by Crippen LogP contribution is -2.46. The highest BCUT2D eigenvalue weighted by molar-refractivity contribution is 7.10. The third-order valence-corrected chi connectivity index (χ3v) is 5.86. The Morgan fingerprint density at radius 2 is 2.04 bits per heavy atom. The minimum Gasteiger partial charge on any atom is -0.494 e. The molecule has 1 aromatic heterocycles. The minimum atomic E-state index is -0.842. The fourth-order valence-electron chi connectivity index (χ4n) is 3.67. The van der Waals surface area contributed by atoms with E-state index in [0.29, 0.717) is 26.0 Å². The van der Waals surface area contributed by atoms with Gasteiger partial charge in [-0.1, -0.05) is 18.2 Å². The zero-order valence-corrected chi connectivity index (χ0v) is 14.7. The predicted molar refractivity (Wildman–Crippen MR) is 95.7 cm³/mol. The highest BCUT2D eigenvalue weighted by atomic mass is 32.1. The van der Waals surface area contributed by atoms with E-state index in [1.54, 1.807) is 11.3 Å². The molecule has 0 saturated carbocycles. The van der Waals surface area contributed by atoms with E-state index in [9.17, 15) is 9.59 Å². The number of amides is 3. The van der Waals surface area contributed by atoms with Crippen molar-refractivity contribution in [1.29, 1.82) is 0 Å². The van der Waals surface area contributed by atoms with E-state index in [1.165, 1.54) is 9.78 Å². The van der Waals surface area contributed by atoms with Crippen LogP contribution in [0.2, 0.25) is 0 Å². The first-order valence-electron chi connectivity index (χ1n) is 8.59. The second kappa shape index (κ2) is 6.52. The summed E-state index contributed by atoms with van der Waals surface area (Å²) in [6.45, 7) is 0.844. The number of fused-ring (bicyclic) bond motifs is 2. The number of thiophene rings is 1. The van der Waals surface area contributed by atoms with Gasteiger partial charge < -0.3 is 10.1 Å². The number of carbonyl (C=O) groups is 2. The van der Waals surface area contributed by atoms with Crippen LogP contribution >= 0.6 is 11.3 Å². The average molecular weight is 356 g/mol. The molecule has 0 bridgehead atoms. The van der Waals surface area contributed by atoms with Crippen LogP contribution in [0.4, 0.5) is 4.79 Å². The Balaban J connectivity index is 1.41. The Labute approximate surface area is 150 Å². The van der Waals surface area contributed by atoms with Crippen molar-refractivity contribution >= 4 is 23.3 Å². The van der Waals surface area contributed by atoms with Crippen molar-refractivity contribution in [2.75, 3.05) is 13.2 Å². The van der Waals surface area contributed by atoms with Crippen molar-refractivity contribution in [3.05, 3.63) is 52.2 Å². The number of rotatable bonds is 5. The molecule has 0 radical (unpaired) electrons. The van der Waals surface area contributed by atoms with Crippen molar-refractivity contribution in [3.8, 4) is 5.75 Å². The number of urea groups is 1. The monoisotopic (exact) mass is 356 g/mol. The van der Waals surface area contributed by atoms with Gasteiger partial charge in [0.2, 0.25) is 0 Å². The molecule has 25 heavy (non-hydrogen) atoms. The van der Waals surface area contributed by atoms with E-state index < -0.39 is 5.54 Å². The van der Waals surface area contributed by atoms with E-state index >= 15 is 0 Å². The van der Waals surface area contributed by atoms with Crippen LogP contribution in [0.25, 0.3) is 0 Å². The van der Waals surface area contributed by atoms with Gasteiger partial charge in [-0.25, -0.2) is 4.79 Å². The summed E-state index contributed by atoms with van der Waals surface area (Å²) < 4.78 is 5.65. The molecule has 1 saturated heterocycles. The highest BCUT2D eigenvalue weighted by Gasteiger charge is 2.54. The number of para-hydroxylation sites is 1. The largest absolute Gasteiger partial charge is 0.494 e. The molecule has 3 amide bonds. The molecule has 130 valence electrons. The van der Waals surface area contributed by atoms with Crippen LogP contribution in [-0.4, -0.2) is 30.0 Å². The lowest BCUT2D eigenvalue weighted by molar-refractivity contribution is -0.132. The lowest BCUT2D eigenvalue weighted by Gasteiger charge is -2.31. The van der Waals surface area contributed by atoms with Crippen LogP contribution in [0, 0.1) is 0 Å². The van der Waals surface area contributed by atoms with Gasteiger partial charge in [-0.3, -0.25) is 9.69 Å². The first kappa shape index (κ1) is 16.1. The van der Waals surface area contributed by atoms with E-state index in [1.807, 2.05) is 41.8 Å². The topological polar surface area (TPSA) is 58.6 Å². The third-order valence-electron chi connectivity index (χ3n) is 4.87. The summed E-state index contributed by atoms with van der Waals surface area (Å²) in [6, 6.07) is 11.2. The number of aryl methyl sites for hydroxylation is 1. The summed E-state index contributed by atoms with van der Waals surface area (Å²) in [5, 5.41) is 4.98. The zero-order chi connectivity index (χ0) is 17.3. The van der Waals surface area contributed by atoms with E-state index in [-0.39, 0.29) is 11.9 Å². The van der Waals surface area contributed by atoms with Crippen molar-refractivity contribution < 1.29 is 14.3 Å². The van der Waals surface area contributed by atoms with Crippen molar-refractivity contribution in [3.63, 3.8) is 0 Å². The van der Waals surface area contributed by atoms with Crippen LogP contribution in [0.3, 0.4) is 0 Å². The number of hydrogen-bond acceptors (Lipinski definition) is 4. The molecule has 1 N–H and O–H groups in total. The Kier molecular flexibility index (Phi) is 4.21. The molecule has 2 aliphatic rings. The number of nitrogens with one attached hydrogen (secondary N) is 1. The molecule has 0 unspecified atom stereocenters. The first-order chi connectivity index (χ1) is 12.2. The van der Waals surface area contributed by atoms with Crippen LogP contribution in [0.1, 0.15) is 29.7 Å². The van der Waals surface area contributed by atoms with E-state index in [2.05, 4.69) is 5.32 Å². The maximum absolute atomic E-state index is 13.0. The fourth-order valence-corrected chi connectivity index (χ4v) is 4.67. The van der Waals surface area contributed by atoms with Crippen LogP contribution < -0.4 is 10.1 Å². The van der Waals surface area contributed by atoms with Gasteiger partial charge in [-0.2, -0.15) is 0 Å². The summed E-state index contributed by atoms with van der Waals surface area (Å²) in [6.07, 6.45) is 3.20. The van der Waals surface area contributed by atoms with Crippen LogP contribution in [0.15, 0.2) is 41.8 Å². The van der Waals surface area contributed by atoms with Gasteiger partial charge in [0.1, 0.15) is 11.3 Å². The number of imide groups is 1. The maximum Gasteiger partial charge on any atom is 0.325 e. The molecule has 6 heteroatoms.